The van der Waals surface area contributed by atoms with Crippen molar-refractivity contribution in [3.8, 4) is 22.5 Å². The molecule has 8 heteroatoms. The molecule has 1 fully saturated rings. The number of nitrogens with one attached hydrogen (secondary N) is 1. The zero-order chi connectivity index (χ0) is 33.7. The third-order valence-corrected chi connectivity index (χ3v) is 9.91. The lowest BCUT2D eigenvalue weighted by Crippen LogP contribution is -2.34. The number of hydrogen-bond donors (Lipinski definition) is 1. The molecule has 0 bridgehead atoms. The quantitative estimate of drug-likeness (QED) is 0.156. The van der Waals surface area contributed by atoms with Gasteiger partial charge in [0.1, 0.15) is 5.82 Å². The molecule has 1 amide bonds. The molecular formula is C41H45N7O. The fourth-order valence-electron chi connectivity index (χ4n) is 7.15. The van der Waals surface area contributed by atoms with Crippen molar-refractivity contribution in [3.05, 3.63) is 114 Å². The van der Waals surface area contributed by atoms with Gasteiger partial charge in [0.25, 0.3) is 5.91 Å². The Kier molecular flexibility index (Phi) is 9.77. The van der Waals surface area contributed by atoms with Crippen LogP contribution in [0.5, 0.6) is 0 Å². The van der Waals surface area contributed by atoms with Gasteiger partial charge in [0.2, 0.25) is 0 Å². The largest absolute Gasteiger partial charge is 0.351 e. The minimum atomic E-state index is -0.0913. The monoisotopic (exact) mass is 651 g/mol. The summed E-state index contributed by atoms with van der Waals surface area (Å²) in [5.74, 6) is 1.01. The number of rotatable bonds is 11. The number of nitrogens with zero attached hydrogens (tertiary/aromatic N) is 6. The van der Waals surface area contributed by atoms with Crippen LogP contribution in [0.15, 0.2) is 97.1 Å². The highest BCUT2D eigenvalue weighted by Crippen LogP contribution is 2.33. The molecule has 8 nitrogen and oxygen atoms in total. The molecule has 49 heavy (non-hydrogen) atoms. The molecule has 1 saturated heterocycles. The van der Waals surface area contributed by atoms with E-state index in [0.717, 1.165) is 91.5 Å². The van der Waals surface area contributed by atoms with E-state index >= 15 is 0 Å². The molecule has 0 atom stereocenters. The van der Waals surface area contributed by atoms with E-state index in [-0.39, 0.29) is 5.91 Å². The van der Waals surface area contributed by atoms with Gasteiger partial charge in [-0.3, -0.25) is 9.69 Å². The molecule has 2 aromatic heterocycles. The summed E-state index contributed by atoms with van der Waals surface area (Å²) in [5, 5.41) is 3.07. The topological polar surface area (TPSA) is 79.2 Å². The second kappa shape index (κ2) is 14.7. The van der Waals surface area contributed by atoms with Crippen molar-refractivity contribution in [1.29, 1.82) is 0 Å². The molecular weight excluding hydrogens is 606 g/mol. The Morgan fingerprint density at radius 2 is 1.45 bits per heavy atom. The first-order valence-corrected chi connectivity index (χ1v) is 17.6. The minimum Gasteiger partial charge on any atom is -0.351 e. The third kappa shape index (κ3) is 7.12. The van der Waals surface area contributed by atoms with Crippen molar-refractivity contribution in [2.24, 2.45) is 0 Å². The molecule has 250 valence electrons. The van der Waals surface area contributed by atoms with Crippen molar-refractivity contribution < 1.29 is 4.79 Å². The van der Waals surface area contributed by atoms with Crippen LogP contribution in [0.3, 0.4) is 0 Å². The molecule has 1 N–H and O–H groups in total. The molecule has 0 radical (unpaired) electrons. The van der Waals surface area contributed by atoms with Crippen LogP contribution >= 0.6 is 0 Å². The Labute approximate surface area is 288 Å². The number of likely N-dealkylation sites (tertiary alicyclic amines) is 1. The molecule has 4 aromatic carbocycles. The van der Waals surface area contributed by atoms with Crippen molar-refractivity contribution in [3.63, 3.8) is 0 Å². The molecule has 6 aromatic rings. The lowest BCUT2D eigenvalue weighted by molar-refractivity contribution is 0.0949. The van der Waals surface area contributed by atoms with E-state index in [4.69, 9.17) is 15.0 Å². The van der Waals surface area contributed by atoms with Crippen molar-refractivity contribution >= 4 is 28.0 Å². The average molecular weight is 652 g/mol. The van der Waals surface area contributed by atoms with Gasteiger partial charge in [0.05, 0.1) is 33.5 Å². The molecule has 0 unspecified atom stereocenters. The maximum absolute atomic E-state index is 13.0. The SMILES string of the molecule is CCN(CC)CCNC(=O)c1ccc2nc(-c3ccccc3)c(-c3ccc(CN4CCC(n5c(C)nc6ccccc65)CC4)cc3)nc2c1. The highest BCUT2D eigenvalue weighted by Gasteiger charge is 2.24. The van der Waals surface area contributed by atoms with Crippen LogP contribution in [0.25, 0.3) is 44.6 Å². The summed E-state index contributed by atoms with van der Waals surface area (Å²) in [6, 6.07) is 33.5. The van der Waals surface area contributed by atoms with Crippen LogP contribution < -0.4 is 5.32 Å². The minimum absolute atomic E-state index is 0.0913. The van der Waals surface area contributed by atoms with Crippen molar-refractivity contribution in [2.75, 3.05) is 39.3 Å². The fraction of sp³-hybridized carbons (Fsp3) is 0.317. The Morgan fingerprint density at radius 3 is 2.18 bits per heavy atom. The number of aromatic nitrogens is 4. The van der Waals surface area contributed by atoms with E-state index in [1.54, 1.807) is 0 Å². The van der Waals surface area contributed by atoms with Gasteiger partial charge in [0.15, 0.2) is 0 Å². The van der Waals surface area contributed by atoms with Gasteiger partial charge < -0.3 is 14.8 Å². The zero-order valence-corrected chi connectivity index (χ0v) is 28.8. The Morgan fingerprint density at radius 1 is 0.776 bits per heavy atom. The van der Waals surface area contributed by atoms with Gasteiger partial charge in [-0.15, -0.1) is 0 Å². The van der Waals surface area contributed by atoms with Crippen LogP contribution in [0.4, 0.5) is 0 Å². The summed E-state index contributed by atoms with van der Waals surface area (Å²) in [4.78, 5) is 32.9. The number of para-hydroxylation sites is 2. The van der Waals surface area contributed by atoms with Crippen LogP contribution in [0.1, 0.15) is 54.5 Å². The first-order valence-electron chi connectivity index (χ1n) is 17.6. The highest BCUT2D eigenvalue weighted by atomic mass is 16.1. The smallest absolute Gasteiger partial charge is 0.251 e. The number of aryl methyl sites for hydroxylation is 1. The summed E-state index contributed by atoms with van der Waals surface area (Å²) < 4.78 is 2.44. The number of fused-ring (bicyclic) bond motifs is 2. The van der Waals surface area contributed by atoms with Crippen LogP contribution in [-0.2, 0) is 6.54 Å². The summed E-state index contributed by atoms with van der Waals surface area (Å²) >= 11 is 0. The Hall–Kier alpha value is -4.92. The predicted molar refractivity (Wildman–Crippen MR) is 199 cm³/mol. The van der Waals surface area contributed by atoms with Gasteiger partial charge in [-0.25, -0.2) is 15.0 Å². The van der Waals surface area contributed by atoms with E-state index in [0.29, 0.717) is 23.7 Å². The third-order valence-electron chi connectivity index (χ3n) is 9.91. The number of imidazole rings is 1. The lowest BCUT2D eigenvalue weighted by atomic mass is 10.0. The standard InChI is InChI=1S/C41H45N7O/c1-4-46(5-2)26-23-42-41(49)33-19-20-35-37(27-33)45-40(39(44-35)31-11-7-6-8-12-31)32-17-15-30(16-18-32)28-47-24-21-34(22-25-47)48-29(3)43-36-13-9-10-14-38(36)48/h6-20,27,34H,4-5,21-26,28H2,1-3H3,(H,42,49). The van der Waals surface area contributed by atoms with Crippen LogP contribution in [0, 0.1) is 6.92 Å². The fourth-order valence-corrected chi connectivity index (χ4v) is 7.15. The number of hydrogen-bond acceptors (Lipinski definition) is 6. The summed E-state index contributed by atoms with van der Waals surface area (Å²) in [5.41, 5.74) is 9.34. The number of carbonyl (C=O) groups is 1. The maximum atomic E-state index is 13.0. The van der Waals surface area contributed by atoms with E-state index in [1.807, 2.05) is 36.4 Å². The van der Waals surface area contributed by atoms with Gasteiger partial charge in [0, 0.05) is 55.5 Å². The summed E-state index contributed by atoms with van der Waals surface area (Å²) in [6.07, 6.45) is 2.23. The Balaban J connectivity index is 1.08. The average Bonchev–Trinajstić information content (AvgIpc) is 3.49. The number of carbonyl (C=O) groups excluding carboxylic acids is 1. The maximum Gasteiger partial charge on any atom is 0.251 e. The normalized spacial score (nSPS) is 14.2. The molecule has 0 spiro atoms. The van der Waals surface area contributed by atoms with Gasteiger partial charge in [-0.1, -0.05) is 80.6 Å². The van der Waals surface area contributed by atoms with Gasteiger partial charge in [-0.2, -0.15) is 0 Å². The molecule has 7 rings (SSSR count). The van der Waals surface area contributed by atoms with Crippen LogP contribution in [-0.4, -0.2) is 74.5 Å². The Bertz CT molecular complexity index is 2040. The van der Waals surface area contributed by atoms with E-state index in [9.17, 15) is 4.79 Å². The number of benzene rings is 4. The number of likely N-dealkylation sites (N-methyl/N-ethyl adjacent to an activating group) is 1. The molecule has 1 aliphatic rings. The van der Waals surface area contributed by atoms with E-state index in [2.05, 4.69) is 101 Å². The molecule has 1 aliphatic heterocycles. The molecule has 0 saturated carbocycles. The zero-order valence-electron chi connectivity index (χ0n) is 28.8. The first-order chi connectivity index (χ1) is 24.0. The number of piperidine rings is 1. The lowest BCUT2D eigenvalue weighted by Gasteiger charge is -2.33. The molecule has 0 aliphatic carbocycles. The summed E-state index contributed by atoms with van der Waals surface area (Å²) in [7, 11) is 0. The van der Waals surface area contributed by atoms with Gasteiger partial charge >= 0.3 is 0 Å². The van der Waals surface area contributed by atoms with Crippen molar-refractivity contribution in [1.82, 2.24) is 34.6 Å². The first kappa shape index (κ1) is 32.6. The van der Waals surface area contributed by atoms with Crippen molar-refractivity contribution in [2.45, 2.75) is 46.2 Å². The number of amides is 1. The highest BCUT2D eigenvalue weighted by molar-refractivity contribution is 5.98. The van der Waals surface area contributed by atoms with E-state index < -0.39 is 0 Å². The second-order valence-electron chi connectivity index (χ2n) is 13.0. The predicted octanol–water partition coefficient (Wildman–Crippen LogP) is 7.53. The summed E-state index contributed by atoms with van der Waals surface area (Å²) in [6.45, 7) is 12.8. The van der Waals surface area contributed by atoms with Crippen LogP contribution in [0.2, 0.25) is 0 Å². The van der Waals surface area contributed by atoms with E-state index in [1.165, 1.54) is 11.1 Å². The molecule has 3 heterocycles. The second-order valence-corrected chi connectivity index (χ2v) is 13.0. The van der Waals surface area contributed by atoms with Gasteiger partial charge in [-0.05, 0) is 68.8 Å².